The van der Waals surface area contributed by atoms with Crippen LogP contribution in [0.3, 0.4) is 0 Å². The van der Waals surface area contributed by atoms with Crippen molar-refractivity contribution in [1.29, 1.82) is 0 Å². The van der Waals surface area contributed by atoms with Crippen molar-refractivity contribution < 1.29 is 4.79 Å². The van der Waals surface area contributed by atoms with E-state index in [1.807, 2.05) is 30.3 Å². The number of carbonyl (C=O) groups excluding carboxylic acids is 1. The monoisotopic (exact) mass is 368 g/mol. The second kappa shape index (κ2) is 7.65. The molecule has 0 aliphatic rings. The van der Waals surface area contributed by atoms with E-state index in [1.54, 1.807) is 17.8 Å². The fourth-order valence-electron chi connectivity index (χ4n) is 3.06. The van der Waals surface area contributed by atoms with E-state index in [1.165, 1.54) is 0 Å². The van der Waals surface area contributed by atoms with Gasteiger partial charge in [-0.3, -0.25) is 14.2 Å². The number of nitrogens with one attached hydrogen (secondary N) is 2. The van der Waals surface area contributed by atoms with Gasteiger partial charge in [0.05, 0.1) is 17.6 Å². The minimum Gasteiger partial charge on any atom is -0.352 e. The molecule has 0 radical (unpaired) electrons. The molecule has 142 valence electrons. The molecular weight excluding hydrogens is 344 g/mol. The van der Waals surface area contributed by atoms with E-state index in [0.717, 1.165) is 16.6 Å². The lowest BCUT2D eigenvalue weighted by Gasteiger charge is -2.07. The Hall–Kier alpha value is -3.09. The van der Waals surface area contributed by atoms with Crippen LogP contribution in [0.2, 0.25) is 0 Å². The second-order valence-electron chi connectivity index (χ2n) is 7.12. The maximum absolute atomic E-state index is 12.9. The fraction of sp³-hybridized carbons (Fsp3) is 0.350. The third-order valence-corrected chi connectivity index (χ3v) is 4.54. The topological polar surface area (TPSA) is 88.9 Å². The highest BCUT2D eigenvalue weighted by atomic mass is 16.2. The van der Waals surface area contributed by atoms with Crippen LogP contribution in [0.5, 0.6) is 0 Å². The highest BCUT2D eigenvalue weighted by Crippen LogP contribution is 2.14. The van der Waals surface area contributed by atoms with Crippen LogP contribution in [0, 0.1) is 5.92 Å². The number of H-pyrrole nitrogens is 1. The molecule has 0 fully saturated rings. The highest BCUT2D eigenvalue weighted by Gasteiger charge is 2.19. The molecule has 0 aliphatic carbocycles. The van der Waals surface area contributed by atoms with Crippen molar-refractivity contribution in [2.24, 2.45) is 13.0 Å². The first kappa shape index (κ1) is 18.7. The standard InChI is InChI=1S/C20H24N4O3/c1-13(2)9-10-21-18(25)15-12-23(3)17-16(15)22-20(27)24(19(17)26)11-14-7-5-4-6-8-14/h4-8,12-13H,9-11H2,1-3H3,(H,21,25)(H,22,27). The van der Waals surface area contributed by atoms with Crippen LogP contribution in [-0.4, -0.2) is 26.6 Å². The zero-order valence-corrected chi connectivity index (χ0v) is 15.8. The molecule has 2 N–H and O–H groups in total. The number of benzene rings is 1. The average Bonchev–Trinajstić information content (AvgIpc) is 2.95. The number of amides is 1. The first-order chi connectivity index (χ1) is 12.9. The van der Waals surface area contributed by atoms with Crippen LogP contribution in [0.4, 0.5) is 0 Å². The van der Waals surface area contributed by atoms with E-state index in [4.69, 9.17) is 0 Å². The van der Waals surface area contributed by atoms with Gasteiger partial charge in [-0.1, -0.05) is 44.2 Å². The normalized spacial score (nSPS) is 11.3. The predicted octanol–water partition coefficient (Wildman–Crippen LogP) is 1.85. The Bertz CT molecular complexity index is 1070. The summed E-state index contributed by atoms with van der Waals surface area (Å²) >= 11 is 0. The largest absolute Gasteiger partial charge is 0.352 e. The quantitative estimate of drug-likeness (QED) is 0.696. The lowest BCUT2D eigenvalue weighted by molar-refractivity contribution is 0.0953. The molecule has 0 unspecified atom stereocenters. The zero-order valence-electron chi connectivity index (χ0n) is 15.8. The number of hydrogen-bond acceptors (Lipinski definition) is 3. The van der Waals surface area contributed by atoms with Gasteiger partial charge in [0, 0.05) is 19.8 Å². The van der Waals surface area contributed by atoms with E-state index in [-0.39, 0.29) is 18.0 Å². The van der Waals surface area contributed by atoms with Gasteiger partial charge in [-0.05, 0) is 17.9 Å². The molecule has 0 saturated carbocycles. The van der Waals surface area contributed by atoms with Gasteiger partial charge < -0.3 is 14.9 Å². The van der Waals surface area contributed by atoms with Crippen molar-refractivity contribution in [3.8, 4) is 0 Å². The van der Waals surface area contributed by atoms with Crippen molar-refractivity contribution in [3.63, 3.8) is 0 Å². The number of carbonyl (C=O) groups is 1. The number of hydrogen-bond donors (Lipinski definition) is 2. The van der Waals surface area contributed by atoms with Crippen LogP contribution >= 0.6 is 0 Å². The number of aromatic nitrogens is 3. The summed E-state index contributed by atoms with van der Waals surface area (Å²) in [7, 11) is 1.69. The molecular formula is C20H24N4O3. The number of nitrogens with zero attached hydrogens (tertiary/aromatic N) is 2. The van der Waals surface area contributed by atoms with E-state index >= 15 is 0 Å². The van der Waals surface area contributed by atoms with Crippen LogP contribution in [0.25, 0.3) is 11.0 Å². The van der Waals surface area contributed by atoms with Crippen molar-refractivity contribution in [3.05, 3.63) is 68.5 Å². The Labute approximate surface area is 156 Å². The summed E-state index contributed by atoms with van der Waals surface area (Å²) in [6.45, 7) is 4.88. The van der Waals surface area contributed by atoms with Gasteiger partial charge in [-0.25, -0.2) is 4.79 Å². The zero-order chi connectivity index (χ0) is 19.6. The van der Waals surface area contributed by atoms with Gasteiger partial charge in [0.2, 0.25) is 0 Å². The molecule has 3 rings (SSSR count). The summed E-state index contributed by atoms with van der Waals surface area (Å²) in [4.78, 5) is 40.6. The third kappa shape index (κ3) is 3.86. The number of aromatic amines is 1. The smallest absolute Gasteiger partial charge is 0.329 e. The van der Waals surface area contributed by atoms with Crippen molar-refractivity contribution in [1.82, 2.24) is 19.4 Å². The molecule has 7 heteroatoms. The van der Waals surface area contributed by atoms with Gasteiger partial charge >= 0.3 is 5.69 Å². The summed E-state index contributed by atoms with van der Waals surface area (Å²) in [5.74, 6) is 0.180. The third-order valence-electron chi connectivity index (χ3n) is 4.54. The molecule has 0 bridgehead atoms. The van der Waals surface area contributed by atoms with Crippen LogP contribution in [-0.2, 0) is 13.6 Å². The molecule has 1 aromatic carbocycles. The number of fused-ring (bicyclic) bond motifs is 1. The van der Waals surface area contributed by atoms with Gasteiger partial charge in [-0.15, -0.1) is 0 Å². The molecule has 0 aliphatic heterocycles. The van der Waals surface area contributed by atoms with E-state index < -0.39 is 11.2 Å². The number of rotatable bonds is 6. The van der Waals surface area contributed by atoms with E-state index in [9.17, 15) is 14.4 Å². The summed E-state index contributed by atoms with van der Waals surface area (Å²) in [6.07, 6.45) is 2.44. The predicted molar refractivity (Wildman–Crippen MR) is 105 cm³/mol. The van der Waals surface area contributed by atoms with Gasteiger partial charge in [-0.2, -0.15) is 0 Å². The van der Waals surface area contributed by atoms with Gasteiger partial charge in [0.15, 0.2) is 0 Å². The second-order valence-corrected chi connectivity index (χ2v) is 7.12. The Morgan fingerprint density at radius 3 is 2.56 bits per heavy atom. The lowest BCUT2D eigenvalue weighted by atomic mass is 10.1. The Morgan fingerprint density at radius 2 is 1.89 bits per heavy atom. The molecule has 0 spiro atoms. The maximum atomic E-state index is 12.9. The minimum absolute atomic E-state index is 0.173. The van der Waals surface area contributed by atoms with Crippen LogP contribution < -0.4 is 16.6 Å². The average molecular weight is 368 g/mol. The van der Waals surface area contributed by atoms with Crippen LogP contribution in [0.1, 0.15) is 36.2 Å². The molecule has 2 aromatic heterocycles. The molecule has 0 atom stereocenters. The summed E-state index contributed by atoms with van der Waals surface area (Å²) in [5.41, 5.74) is 0.793. The molecule has 7 nitrogen and oxygen atoms in total. The van der Waals surface area contributed by atoms with Crippen molar-refractivity contribution in [2.75, 3.05) is 6.54 Å². The minimum atomic E-state index is -0.529. The summed E-state index contributed by atoms with van der Waals surface area (Å²) < 4.78 is 2.74. The number of aryl methyl sites for hydroxylation is 1. The molecule has 27 heavy (non-hydrogen) atoms. The Balaban J connectivity index is 2.00. The SMILES string of the molecule is CC(C)CCNC(=O)c1cn(C)c2c(=O)n(Cc3ccccc3)c(=O)[nH]c12. The van der Waals surface area contributed by atoms with Gasteiger partial charge in [0.25, 0.3) is 11.5 Å². The van der Waals surface area contributed by atoms with E-state index in [2.05, 4.69) is 24.1 Å². The summed E-state index contributed by atoms with van der Waals surface area (Å²) in [5, 5.41) is 2.85. The van der Waals surface area contributed by atoms with E-state index in [0.29, 0.717) is 23.5 Å². The first-order valence-corrected chi connectivity index (χ1v) is 9.02. The fourth-order valence-corrected chi connectivity index (χ4v) is 3.06. The first-order valence-electron chi connectivity index (χ1n) is 9.02. The van der Waals surface area contributed by atoms with Crippen LogP contribution in [0.15, 0.2) is 46.1 Å². The Morgan fingerprint density at radius 1 is 1.19 bits per heavy atom. The molecule has 2 heterocycles. The van der Waals surface area contributed by atoms with Crippen molar-refractivity contribution >= 4 is 16.9 Å². The van der Waals surface area contributed by atoms with Gasteiger partial charge in [0.1, 0.15) is 5.52 Å². The maximum Gasteiger partial charge on any atom is 0.329 e. The van der Waals surface area contributed by atoms with Crippen molar-refractivity contribution in [2.45, 2.75) is 26.8 Å². The Kier molecular flexibility index (Phi) is 5.30. The molecule has 3 aromatic rings. The molecule has 0 saturated heterocycles. The highest BCUT2D eigenvalue weighted by molar-refractivity contribution is 6.05. The molecule has 1 amide bonds. The lowest BCUT2D eigenvalue weighted by Crippen LogP contribution is -2.36. The summed E-state index contributed by atoms with van der Waals surface area (Å²) in [6, 6.07) is 9.30.